The molecule has 3 aliphatic rings. The van der Waals surface area contributed by atoms with Crippen LogP contribution in [0.2, 0.25) is 0 Å². The summed E-state index contributed by atoms with van der Waals surface area (Å²) in [4.78, 5) is 8.49. The van der Waals surface area contributed by atoms with Gasteiger partial charge in [-0.15, -0.1) is 0 Å². The first-order valence-electron chi connectivity index (χ1n) is 8.18. The van der Waals surface area contributed by atoms with E-state index in [1.54, 1.807) is 7.11 Å². The van der Waals surface area contributed by atoms with Crippen LogP contribution in [0.1, 0.15) is 37.2 Å². The Kier molecular flexibility index (Phi) is 3.60. The maximum Gasteiger partial charge on any atom is 0.161 e. The fourth-order valence-corrected chi connectivity index (χ4v) is 4.07. The van der Waals surface area contributed by atoms with Gasteiger partial charge in [0.2, 0.25) is 0 Å². The minimum atomic E-state index is 0.141. The highest BCUT2D eigenvalue weighted by molar-refractivity contribution is 5.91. The molecule has 0 aromatic heterocycles. The van der Waals surface area contributed by atoms with Crippen molar-refractivity contribution in [2.75, 3.05) is 13.8 Å². The van der Waals surface area contributed by atoms with Crippen LogP contribution in [-0.4, -0.2) is 32.3 Å². The zero-order valence-corrected chi connectivity index (χ0v) is 12.9. The summed E-state index contributed by atoms with van der Waals surface area (Å²) < 4.78 is 11.8. The molecule has 0 spiro atoms. The Morgan fingerprint density at radius 1 is 1.05 bits per heavy atom. The number of fused-ring (bicyclic) bond motifs is 2. The predicted octanol–water partition coefficient (Wildman–Crippen LogP) is 3.46. The van der Waals surface area contributed by atoms with Gasteiger partial charge in [-0.05, 0) is 55.2 Å². The minimum Gasteiger partial charge on any atom is -0.493 e. The number of hydrogen-bond donors (Lipinski definition) is 0. The van der Waals surface area contributed by atoms with Gasteiger partial charge in [-0.3, -0.25) is 9.98 Å². The molecule has 116 valence electrons. The molecule has 4 rings (SSSR count). The molecule has 3 unspecified atom stereocenters. The monoisotopic (exact) mass is 298 g/mol. The van der Waals surface area contributed by atoms with E-state index in [4.69, 9.17) is 9.47 Å². The van der Waals surface area contributed by atoms with Crippen LogP contribution in [0.15, 0.2) is 28.2 Å². The molecule has 1 aromatic rings. The first-order chi connectivity index (χ1) is 10.8. The van der Waals surface area contributed by atoms with E-state index in [9.17, 15) is 0 Å². The van der Waals surface area contributed by atoms with Gasteiger partial charge in [0.15, 0.2) is 11.5 Å². The van der Waals surface area contributed by atoms with Crippen molar-refractivity contribution >= 4 is 12.4 Å². The largest absolute Gasteiger partial charge is 0.493 e. The van der Waals surface area contributed by atoms with E-state index in [0.29, 0.717) is 12.8 Å². The van der Waals surface area contributed by atoms with Gasteiger partial charge < -0.3 is 9.47 Å². The highest BCUT2D eigenvalue weighted by Gasteiger charge is 2.41. The third-order valence-corrected chi connectivity index (χ3v) is 5.22. The molecule has 2 fully saturated rings. The number of rotatable bonds is 4. The fourth-order valence-electron chi connectivity index (χ4n) is 4.07. The zero-order valence-electron chi connectivity index (χ0n) is 12.9. The summed E-state index contributed by atoms with van der Waals surface area (Å²) >= 11 is 0. The molecule has 4 heteroatoms. The van der Waals surface area contributed by atoms with Crippen molar-refractivity contribution < 1.29 is 9.47 Å². The normalized spacial score (nSPS) is 30.0. The number of methoxy groups -OCH3 is 1. The summed E-state index contributed by atoms with van der Waals surface area (Å²) in [5, 5.41) is 0. The molecule has 3 atom stereocenters. The topological polar surface area (TPSA) is 43.2 Å². The Hall–Kier alpha value is -1.84. The van der Waals surface area contributed by atoms with Gasteiger partial charge in [0, 0.05) is 12.4 Å². The van der Waals surface area contributed by atoms with Crippen molar-refractivity contribution in [3.8, 4) is 11.5 Å². The standard InChI is InChI=1S/C18H22N2O2/c1-21-16-5-4-13(15-9-19-11-20-10-15)8-18(16)22-17-7-12-2-3-14(17)6-12/h4-5,8-10,12,14-15,17H,2-3,6-7,11H2,1H3. The van der Waals surface area contributed by atoms with Crippen LogP contribution in [-0.2, 0) is 0 Å². The summed E-state index contributed by atoms with van der Waals surface area (Å²) in [6, 6.07) is 6.16. The van der Waals surface area contributed by atoms with Crippen molar-refractivity contribution in [3.63, 3.8) is 0 Å². The van der Waals surface area contributed by atoms with E-state index in [1.807, 2.05) is 18.5 Å². The Bertz CT molecular complexity index is 599. The van der Waals surface area contributed by atoms with Crippen LogP contribution in [0.4, 0.5) is 0 Å². The van der Waals surface area contributed by atoms with Crippen LogP contribution in [0, 0.1) is 11.8 Å². The third-order valence-electron chi connectivity index (χ3n) is 5.22. The van der Waals surface area contributed by atoms with Crippen molar-refractivity contribution in [3.05, 3.63) is 23.8 Å². The molecule has 0 radical (unpaired) electrons. The summed E-state index contributed by atoms with van der Waals surface area (Å²) in [5.41, 5.74) is 1.16. The molecular formula is C18H22N2O2. The maximum atomic E-state index is 6.35. The second-order valence-corrected chi connectivity index (χ2v) is 6.57. The van der Waals surface area contributed by atoms with Crippen molar-refractivity contribution in [1.29, 1.82) is 0 Å². The number of hydrogen-bond acceptors (Lipinski definition) is 4. The highest BCUT2D eigenvalue weighted by atomic mass is 16.5. The van der Waals surface area contributed by atoms with Gasteiger partial charge in [0.1, 0.15) is 12.8 Å². The van der Waals surface area contributed by atoms with Crippen LogP contribution in [0.3, 0.4) is 0 Å². The minimum absolute atomic E-state index is 0.141. The second kappa shape index (κ2) is 5.75. The summed E-state index contributed by atoms with van der Waals surface area (Å²) in [7, 11) is 1.70. The Labute approximate surface area is 131 Å². The third kappa shape index (κ3) is 2.51. The number of ether oxygens (including phenoxy) is 2. The van der Waals surface area contributed by atoms with E-state index in [1.165, 1.54) is 25.7 Å². The number of benzene rings is 1. The van der Waals surface area contributed by atoms with Gasteiger partial charge in [-0.25, -0.2) is 0 Å². The Morgan fingerprint density at radius 3 is 2.59 bits per heavy atom. The molecule has 4 nitrogen and oxygen atoms in total. The average molecular weight is 298 g/mol. The van der Waals surface area contributed by atoms with Crippen LogP contribution >= 0.6 is 0 Å². The van der Waals surface area contributed by atoms with Gasteiger partial charge in [-0.2, -0.15) is 0 Å². The van der Waals surface area contributed by atoms with Crippen molar-refractivity contribution in [2.24, 2.45) is 21.8 Å². The van der Waals surface area contributed by atoms with Crippen LogP contribution in [0.5, 0.6) is 11.5 Å². The summed E-state index contributed by atoms with van der Waals surface area (Å²) in [6.07, 6.45) is 9.51. The van der Waals surface area contributed by atoms with Crippen LogP contribution < -0.4 is 9.47 Å². The van der Waals surface area contributed by atoms with Crippen LogP contribution in [0.25, 0.3) is 0 Å². The maximum absolute atomic E-state index is 6.35. The molecule has 1 heterocycles. The van der Waals surface area contributed by atoms with E-state index in [2.05, 4.69) is 22.1 Å². The number of aliphatic imine (C=N–C) groups is 2. The Morgan fingerprint density at radius 2 is 1.91 bits per heavy atom. The van der Waals surface area contributed by atoms with Gasteiger partial charge in [0.05, 0.1) is 13.0 Å². The lowest BCUT2D eigenvalue weighted by atomic mass is 9.97. The predicted molar refractivity (Wildman–Crippen MR) is 87.5 cm³/mol. The average Bonchev–Trinajstić information content (AvgIpc) is 3.18. The van der Waals surface area contributed by atoms with Crippen molar-refractivity contribution in [2.45, 2.75) is 37.7 Å². The molecular weight excluding hydrogens is 276 g/mol. The molecule has 1 aliphatic heterocycles. The van der Waals surface area contributed by atoms with E-state index in [0.717, 1.165) is 28.9 Å². The summed E-state index contributed by atoms with van der Waals surface area (Å²) in [5.74, 6) is 3.43. The summed E-state index contributed by atoms with van der Waals surface area (Å²) in [6.45, 7) is 0.543. The fraction of sp³-hybridized carbons (Fsp3) is 0.556. The second-order valence-electron chi connectivity index (χ2n) is 6.57. The quantitative estimate of drug-likeness (QED) is 0.854. The number of nitrogens with zero attached hydrogens (tertiary/aromatic N) is 2. The Balaban J connectivity index is 1.58. The zero-order chi connectivity index (χ0) is 14.9. The molecule has 1 aromatic carbocycles. The molecule has 0 saturated heterocycles. The molecule has 0 amide bonds. The molecule has 2 bridgehead atoms. The van der Waals surface area contributed by atoms with Gasteiger partial charge in [-0.1, -0.05) is 6.07 Å². The molecule has 0 N–H and O–H groups in total. The highest BCUT2D eigenvalue weighted by Crippen LogP contribution is 2.47. The van der Waals surface area contributed by atoms with E-state index in [-0.39, 0.29) is 5.92 Å². The molecule has 2 aliphatic carbocycles. The lowest BCUT2D eigenvalue weighted by molar-refractivity contribution is 0.133. The van der Waals surface area contributed by atoms with Crippen molar-refractivity contribution in [1.82, 2.24) is 0 Å². The smallest absolute Gasteiger partial charge is 0.161 e. The first kappa shape index (κ1) is 13.8. The molecule has 22 heavy (non-hydrogen) atoms. The molecule has 2 saturated carbocycles. The SMILES string of the molecule is COc1ccc(C2C=NCN=C2)cc1OC1CC2CCC1C2. The van der Waals surface area contributed by atoms with Gasteiger partial charge >= 0.3 is 0 Å². The van der Waals surface area contributed by atoms with E-state index >= 15 is 0 Å². The van der Waals surface area contributed by atoms with Gasteiger partial charge in [0.25, 0.3) is 0 Å². The lowest BCUT2D eigenvalue weighted by Crippen LogP contribution is -2.23. The first-order valence-corrected chi connectivity index (χ1v) is 8.18. The lowest BCUT2D eigenvalue weighted by Gasteiger charge is -2.24. The van der Waals surface area contributed by atoms with E-state index < -0.39 is 0 Å².